The normalized spacial score (nSPS) is 21.1. The number of carbonyl (C=O) groups is 2. The fourth-order valence-electron chi connectivity index (χ4n) is 4.71. The minimum atomic E-state index is -3.67. The molecule has 2 aliphatic rings. The van der Waals surface area contributed by atoms with Gasteiger partial charge in [0.2, 0.25) is 10.0 Å². The van der Waals surface area contributed by atoms with E-state index in [1.807, 2.05) is 26.0 Å². The van der Waals surface area contributed by atoms with Crippen LogP contribution in [0.3, 0.4) is 0 Å². The molecule has 1 heterocycles. The summed E-state index contributed by atoms with van der Waals surface area (Å²) in [5.41, 5.74) is 1.71. The molecule has 0 spiro atoms. The molecule has 1 saturated carbocycles. The summed E-state index contributed by atoms with van der Waals surface area (Å²) >= 11 is 0. The van der Waals surface area contributed by atoms with E-state index in [2.05, 4.69) is 10.0 Å². The predicted molar refractivity (Wildman–Crippen MR) is 133 cm³/mol. The van der Waals surface area contributed by atoms with Gasteiger partial charge in [0.05, 0.1) is 17.1 Å². The minimum Gasteiger partial charge on any atom is -0.372 e. The van der Waals surface area contributed by atoms with Crippen LogP contribution in [0, 0.1) is 0 Å². The maximum absolute atomic E-state index is 12.8. The fraction of sp³-hybridized carbons (Fsp3) is 0.462. The van der Waals surface area contributed by atoms with Crippen molar-refractivity contribution >= 4 is 21.8 Å². The summed E-state index contributed by atoms with van der Waals surface area (Å²) in [4.78, 5) is 27.4. The summed E-state index contributed by atoms with van der Waals surface area (Å²) in [7, 11) is -3.67. The Kier molecular flexibility index (Phi) is 7.88. The van der Waals surface area contributed by atoms with Crippen LogP contribution in [-0.2, 0) is 21.3 Å². The smallest absolute Gasteiger partial charge is 0.254 e. The van der Waals surface area contributed by atoms with Crippen molar-refractivity contribution in [1.82, 2.24) is 14.9 Å². The zero-order chi connectivity index (χ0) is 25.0. The average molecular weight is 500 g/mol. The van der Waals surface area contributed by atoms with Crippen LogP contribution in [0.1, 0.15) is 65.8 Å². The molecule has 4 rings (SSSR count). The number of benzene rings is 2. The first kappa shape index (κ1) is 25.3. The second-order valence-corrected chi connectivity index (χ2v) is 11.2. The lowest BCUT2D eigenvalue weighted by Gasteiger charge is -2.35. The highest BCUT2D eigenvalue weighted by molar-refractivity contribution is 7.89. The Hall–Kier alpha value is -2.75. The highest BCUT2D eigenvalue weighted by atomic mass is 32.2. The standard InChI is InChI=1S/C26H33N3O5S/c1-18-16-29(17-19(2)34-18)26(31)21-12-10-20(11-13-21)15-27-25(30)22-6-5-9-24(14-22)35(32,33)28-23-7-3-4-8-23/h5-6,9-14,18-19,23,28H,3-4,7-8,15-17H2,1-2H3,(H,27,30). The highest BCUT2D eigenvalue weighted by Crippen LogP contribution is 2.21. The van der Waals surface area contributed by atoms with Crippen LogP contribution in [0.4, 0.5) is 0 Å². The van der Waals surface area contributed by atoms with Crippen LogP contribution in [0.2, 0.25) is 0 Å². The Balaban J connectivity index is 1.34. The van der Waals surface area contributed by atoms with E-state index in [4.69, 9.17) is 4.74 Å². The molecule has 1 saturated heterocycles. The number of sulfonamides is 1. The molecule has 8 nitrogen and oxygen atoms in total. The van der Waals surface area contributed by atoms with Gasteiger partial charge in [-0.25, -0.2) is 13.1 Å². The van der Waals surface area contributed by atoms with Crippen LogP contribution in [-0.4, -0.2) is 56.5 Å². The fourth-order valence-corrected chi connectivity index (χ4v) is 6.06. The summed E-state index contributed by atoms with van der Waals surface area (Å²) < 4.78 is 33.8. The number of morpholine rings is 1. The van der Waals surface area contributed by atoms with Gasteiger partial charge < -0.3 is 15.0 Å². The van der Waals surface area contributed by atoms with Gasteiger partial charge in [0.25, 0.3) is 11.8 Å². The number of amides is 2. The first-order chi connectivity index (χ1) is 16.7. The number of nitrogens with one attached hydrogen (secondary N) is 2. The van der Waals surface area contributed by atoms with E-state index in [1.54, 1.807) is 29.2 Å². The summed E-state index contributed by atoms with van der Waals surface area (Å²) in [6.07, 6.45) is 3.74. The summed E-state index contributed by atoms with van der Waals surface area (Å²) in [5.74, 6) is -0.397. The first-order valence-electron chi connectivity index (χ1n) is 12.2. The van der Waals surface area contributed by atoms with E-state index >= 15 is 0 Å². The molecule has 35 heavy (non-hydrogen) atoms. The number of nitrogens with zero attached hydrogens (tertiary/aromatic N) is 1. The molecule has 1 aliphatic heterocycles. The molecule has 2 N–H and O–H groups in total. The average Bonchev–Trinajstić information content (AvgIpc) is 3.34. The molecule has 2 aromatic carbocycles. The van der Waals surface area contributed by atoms with Gasteiger partial charge in [-0.05, 0) is 62.6 Å². The van der Waals surface area contributed by atoms with Gasteiger partial charge in [-0.15, -0.1) is 0 Å². The van der Waals surface area contributed by atoms with E-state index in [-0.39, 0.29) is 47.1 Å². The Morgan fingerprint density at radius 3 is 2.29 bits per heavy atom. The summed E-state index contributed by atoms with van der Waals surface area (Å²) in [5, 5.41) is 2.82. The maximum atomic E-state index is 12.8. The monoisotopic (exact) mass is 499 g/mol. The Bertz CT molecular complexity index is 1150. The van der Waals surface area contributed by atoms with Crippen molar-refractivity contribution < 1.29 is 22.7 Å². The third-order valence-electron chi connectivity index (χ3n) is 6.44. The zero-order valence-corrected chi connectivity index (χ0v) is 21.0. The minimum absolute atomic E-state index is 0.00386. The molecule has 0 bridgehead atoms. The molecule has 9 heteroatoms. The van der Waals surface area contributed by atoms with Gasteiger partial charge in [0.15, 0.2) is 0 Å². The molecule has 188 valence electrons. The second kappa shape index (κ2) is 10.9. The Morgan fingerprint density at radius 2 is 1.63 bits per heavy atom. The number of rotatable bonds is 7. The van der Waals surface area contributed by atoms with Crippen molar-refractivity contribution in [2.24, 2.45) is 0 Å². The van der Waals surface area contributed by atoms with E-state index in [0.717, 1.165) is 31.2 Å². The Morgan fingerprint density at radius 1 is 0.971 bits per heavy atom. The lowest BCUT2D eigenvalue weighted by Crippen LogP contribution is -2.48. The predicted octanol–water partition coefficient (Wildman–Crippen LogP) is 3.09. The van der Waals surface area contributed by atoms with Gasteiger partial charge in [-0.3, -0.25) is 9.59 Å². The zero-order valence-electron chi connectivity index (χ0n) is 20.2. The quantitative estimate of drug-likeness (QED) is 0.609. The van der Waals surface area contributed by atoms with Crippen LogP contribution < -0.4 is 10.0 Å². The van der Waals surface area contributed by atoms with Gasteiger partial charge in [0.1, 0.15) is 0 Å². The molecule has 2 amide bonds. The molecule has 0 aromatic heterocycles. The topological polar surface area (TPSA) is 105 Å². The summed E-state index contributed by atoms with van der Waals surface area (Å²) in [6, 6.07) is 13.2. The molecule has 0 radical (unpaired) electrons. The van der Waals surface area contributed by atoms with Crippen LogP contribution in [0.5, 0.6) is 0 Å². The van der Waals surface area contributed by atoms with Crippen LogP contribution >= 0.6 is 0 Å². The van der Waals surface area contributed by atoms with E-state index in [9.17, 15) is 18.0 Å². The molecular formula is C26H33N3O5S. The van der Waals surface area contributed by atoms with Gasteiger partial charge in [0, 0.05) is 36.8 Å². The van der Waals surface area contributed by atoms with Crippen LogP contribution in [0.25, 0.3) is 0 Å². The summed E-state index contributed by atoms with van der Waals surface area (Å²) in [6.45, 7) is 5.30. The SMILES string of the molecule is CC1CN(C(=O)c2ccc(CNC(=O)c3cccc(S(=O)(=O)NC4CCCC4)c3)cc2)CC(C)O1. The lowest BCUT2D eigenvalue weighted by atomic mass is 10.1. The number of ether oxygens (including phenoxy) is 1. The largest absolute Gasteiger partial charge is 0.372 e. The number of carbonyl (C=O) groups excluding carboxylic acids is 2. The van der Waals surface area contributed by atoms with Crippen molar-refractivity contribution in [3.8, 4) is 0 Å². The van der Waals surface area contributed by atoms with Gasteiger partial charge in [-0.1, -0.05) is 31.0 Å². The van der Waals surface area contributed by atoms with E-state index in [1.165, 1.54) is 12.1 Å². The number of hydrogen-bond acceptors (Lipinski definition) is 5. The molecule has 2 fully saturated rings. The Labute approximate surface area is 207 Å². The van der Waals surface area contributed by atoms with Gasteiger partial charge >= 0.3 is 0 Å². The second-order valence-electron chi connectivity index (χ2n) is 9.48. The third-order valence-corrected chi connectivity index (χ3v) is 7.96. The van der Waals surface area contributed by atoms with E-state index in [0.29, 0.717) is 18.7 Å². The van der Waals surface area contributed by atoms with Gasteiger partial charge in [-0.2, -0.15) is 0 Å². The molecule has 1 aliphatic carbocycles. The highest BCUT2D eigenvalue weighted by Gasteiger charge is 2.27. The van der Waals surface area contributed by atoms with Crippen molar-refractivity contribution in [2.75, 3.05) is 13.1 Å². The lowest BCUT2D eigenvalue weighted by molar-refractivity contribution is -0.0586. The maximum Gasteiger partial charge on any atom is 0.254 e. The van der Waals surface area contributed by atoms with Crippen LogP contribution in [0.15, 0.2) is 53.4 Å². The van der Waals surface area contributed by atoms with Crippen molar-refractivity contribution in [2.45, 2.75) is 69.2 Å². The van der Waals surface area contributed by atoms with Crippen molar-refractivity contribution in [1.29, 1.82) is 0 Å². The number of hydrogen-bond donors (Lipinski definition) is 2. The molecule has 2 atom stereocenters. The third kappa shape index (κ3) is 6.48. The van der Waals surface area contributed by atoms with Crippen molar-refractivity contribution in [3.63, 3.8) is 0 Å². The molecule has 2 unspecified atom stereocenters. The molecule has 2 aromatic rings. The molecular weight excluding hydrogens is 466 g/mol. The van der Waals surface area contributed by atoms with E-state index < -0.39 is 10.0 Å². The van der Waals surface area contributed by atoms with Crippen molar-refractivity contribution in [3.05, 3.63) is 65.2 Å². The first-order valence-corrected chi connectivity index (χ1v) is 13.6.